The molecule has 0 aliphatic rings. The molecule has 0 bridgehead atoms. The molecule has 0 N–H and O–H groups in total. The Morgan fingerprint density at radius 1 is 1.27 bits per heavy atom. The zero-order valence-electron chi connectivity index (χ0n) is 5.69. The van der Waals surface area contributed by atoms with Crippen molar-refractivity contribution in [1.29, 1.82) is 0 Å². The van der Waals surface area contributed by atoms with Gasteiger partial charge in [0.25, 0.3) is 0 Å². The highest BCUT2D eigenvalue weighted by Crippen LogP contribution is 2.15. The van der Waals surface area contributed by atoms with E-state index < -0.39 is 0 Å². The van der Waals surface area contributed by atoms with Crippen LogP contribution in [-0.4, -0.2) is 9.97 Å². The van der Waals surface area contributed by atoms with Gasteiger partial charge in [-0.15, -0.1) is 0 Å². The average Bonchev–Trinajstić information content (AvgIpc) is 2.04. The van der Waals surface area contributed by atoms with Crippen molar-refractivity contribution in [1.82, 2.24) is 9.97 Å². The second kappa shape index (κ2) is 2.20. The minimum Gasteiger partial charge on any atom is -0.288 e. The minimum absolute atomic E-state index is 0.0782. The highest BCUT2D eigenvalue weighted by atomic mass is 16.3. The van der Waals surface area contributed by atoms with E-state index >= 15 is 0 Å². The Labute approximate surface area is 63.3 Å². The smallest absolute Gasteiger partial charge is 0.197 e. The standard InChI is InChI=1S/C8H5N2O/c11-7-3-6-4-9-2-1-8(6)10-5-7/h1-5H. The number of rotatable bonds is 0. The van der Waals surface area contributed by atoms with Crippen LogP contribution >= 0.6 is 0 Å². The zero-order valence-corrected chi connectivity index (χ0v) is 5.69. The predicted octanol–water partition coefficient (Wildman–Crippen LogP) is 1.77. The van der Waals surface area contributed by atoms with E-state index in [-0.39, 0.29) is 5.75 Å². The summed E-state index contributed by atoms with van der Waals surface area (Å²) in [6.45, 7) is 0. The number of aromatic nitrogens is 2. The van der Waals surface area contributed by atoms with Crippen molar-refractivity contribution < 1.29 is 5.11 Å². The molecule has 0 fully saturated rings. The van der Waals surface area contributed by atoms with Crippen molar-refractivity contribution in [3.63, 3.8) is 0 Å². The van der Waals surface area contributed by atoms with Crippen LogP contribution in [0.15, 0.2) is 30.7 Å². The number of hydrogen-bond donors (Lipinski definition) is 0. The van der Waals surface area contributed by atoms with Crippen molar-refractivity contribution in [3.05, 3.63) is 30.7 Å². The van der Waals surface area contributed by atoms with E-state index in [9.17, 15) is 5.11 Å². The molecule has 53 valence electrons. The van der Waals surface area contributed by atoms with Crippen LogP contribution in [0.3, 0.4) is 0 Å². The van der Waals surface area contributed by atoms with Gasteiger partial charge in [-0.2, -0.15) is 0 Å². The summed E-state index contributed by atoms with van der Waals surface area (Å²) >= 11 is 0. The summed E-state index contributed by atoms with van der Waals surface area (Å²) in [7, 11) is 0. The van der Waals surface area contributed by atoms with Gasteiger partial charge in [0, 0.05) is 17.8 Å². The van der Waals surface area contributed by atoms with Gasteiger partial charge in [0.15, 0.2) is 5.75 Å². The van der Waals surface area contributed by atoms with E-state index in [1.54, 1.807) is 18.5 Å². The van der Waals surface area contributed by atoms with Crippen LogP contribution in [0.25, 0.3) is 10.9 Å². The van der Waals surface area contributed by atoms with Gasteiger partial charge >= 0.3 is 0 Å². The monoisotopic (exact) mass is 145 g/mol. The molecule has 2 aromatic heterocycles. The molecule has 0 aromatic carbocycles. The van der Waals surface area contributed by atoms with E-state index in [4.69, 9.17) is 0 Å². The third kappa shape index (κ3) is 1.00. The molecular weight excluding hydrogens is 140 g/mol. The van der Waals surface area contributed by atoms with E-state index in [1.807, 2.05) is 0 Å². The third-order valence-electron chi connectivity index (χ3n) is 1.46. The lowest BCUT2D eigenvalue weighted by atomic mass is 10.3. The maximum absolute atomic E-state index is 10.8. The van der Waals surface area contributed by atoms with Crippen LogP contribution in [0.5, 0.6) is 5.75 Å². The Kier molecular flexibility index (Phi) is 1.22. The second-order valence-corrected chi connectivity index (χ2v) is 2.24. The van der Waals surface area contributed by atoms with Crippen molar-refractivity contribution in [3.8, 4) is 5.75 Å². The maximum atomic E-state index is 10.8. The molecule has 0 unspecified atom stereocenters. The van der Waals surface area contributed by atoms with Gasteiger partial charge in [-0.25, -0.2) is 0 Å². The SMILES string of the molecule is [O]c1cnc2ccncc2c1. The van der Waals surface area contributed by atoms with Crippen molar-refractivity contribution in [2.24, 2.45) is 0 Å². The summed E-state index contributed by atoms with van der Waals surface area (Å²) in [6.07, 6.45) is 4.59. The molecule has 2 rings (SSSR count). The zero-order chi connectivity index (χ0) is 7.68. The molecule has 0 aliphatic heterocycles. The van der Waals surface area contributed by atoms with Crippen LogP contribution in [-0.2, 0) is 5.11 Å². The Bertz CT molecular complexity index is 387. The summed E-state index contributed by atoms with van der Waals surface area (Å²) in [4.78, 5) is 7.80. The van der Waals surface area contributed by atoms with Crippen LogP contribution in [0.1, 0.15) is 0 Å². The largest absolute Gasteiger partial charge is 0.288 e. The number of nitrogens with zero attached hydrogens (tertiary/aromatic N) is 2. The van der Waals surface area contributed by atoms with Gasteiger partial charge in [-0.3, -0.25) is 15.1 Å². The molecule has 2 aromatic rings. The summed E-state index contributed by atoms with van der Waals surface area (Å²) < 4.78 is 0. The lowest BCUT2D eigenvalue weighted by Crippen LogP contribution is -1.77. The molecular formula is C8H5N2O. The number of pyridine rings is 2. The van der Waals surface area contributed by atoms with Gasteiger partial charge in [-0.1, -0.05) is 0 Å². The Hall–Kier alpha value is -1.64. The second-order valence-electron chi connectivity index (χ2n) is 2.24. The first-order valence-electron chi connectivity index (χ1n) is 3.23. The lowest BCUT2D eigenvalue weighted by molar-refractivity contribution is 0.354. The predicted molar refractivity (Wildman–Crippen MR) is 39.7 cm³/mol. The Morgan fingerprint density at radius 3 is 3.09 bits per heavy atom. The van der Waals surface area contributed by atoms with Crippen LogP contribution in [0.4, 0.5) is 0 Å². The van der Waals surface area contributed by atoms with E-state index in [1.165, 1.54) is 12.3 Å². The number of fused-ring (bicyclic) bond motifs is 1. The molecule has 0 atom stereocenters. The third-order valence-corrected chi connectivity index (χ3v) is 1.46. The van der Waals surface area contributed by atoms with Gasteiger partial charge in [0.1, 0.15) is 0 Å². The van der Waals surface area contributed by atoms with E-state index in [2.05, 4.69) is 9.97 Å². The number of hydrogen-bond acceptors (Lipinski definition) is 2. The first-order chi connectivity index (χ1) is 5.36. The van der Waals surface area contributed by atoms with Crippen LogP contribution in [0, 0.1) is 0 Å². The topological polar surface area (TPSA) is 45.7 Å². The van der Waals surface area contributed by atoms with E-state index in [0.717, 1.165) is 10.9 Å². The van der Waals surface area contributed by atoms with Crippen molar-refractivity contribution in [2.75, 3.05) is 0 Å². The van der Waals surface area contributed by atoms with Crippen LogP contribution < -0.4 is 0 Å². The lowest BCUT2D eigenvalue weighted by Gasteiger charge is -1.92. The molecule has 11 heavy (non-hydrogen) atoms. The Morgan fingerprint density at radius 2 is 2.18 bits per heavy atom. The van der Waals surface area contributed by atoms with Crippen molar-refractivity contribution >= 4 is 10.9 Å². The molecule has 0 saturated heterocycles. The first kappa shape index (κ1) is 6.09. The fourth-order valence-electron chi connectivity index (χ4n) is 0.952. The van der Waals surface area contributed by atoms with E-state index in [0.29, 0.717) is 0 Å². The summed E-state index contributed by atoms with van der Waals surface area (Å²) in [5, 5.41) is 11.6. The summed E-state index contributed by atoms with van der Waals surface area (Å²) in [6, 6.07) is 3.30. The van der Waals surface area contributed by atoms with Gasteiger partial charge in [0.05, 0.1) is 11.7 Å². The first-order valence-corrected chi connectivity index (χ1v) is 3.23. The molecule has 3 nitrogen and oxygen atoms in total. The summed E-state index contributed by atoms with van der Waals surface area (Å²) in [5.41, 5.74) is 0.805. The molecule has 0 amide bonds. The van der Waals surface area contributed by atoms with Crippen molar-refractivity contribution in [2.45, 2.75) is 0 Å². The molecule has 0 saturated carbocycles. The highest BCUT2D eigenvalue weighted by molar-refractivity contribution is 5.78. The minimum atomic E-state index is -0.0782. The fourth-order valence-corrected chi connectivity index (χ4v) is 0.952. The molecule has 3 heteroatoms. The maximum Gasteiger partial charge on any atom is 0.197 e. The van der Waals surface area contributed by atoms with Gasteiger partial charge in [-0.05, 0) is 12.1 Å². The molecule has 0 spiro atoms. The van der Waals surface area contributed by atoms with Gasteiger partial charge in [0.2, 0.25) is 0 Å². The fraction of sp³-hybridized carbons (Fsp3) is 0. The van der Waals surface area contributed by atoms with Crippen LogP contribution in [0.2, 0.25) is 0 Å². The highest BCUT2D eigenvalue weighted by Gasteiger charge is 1.95. The summed E-state index contributed by atoms with van der Waals surface area (Å²) in [5.74, 6) is -0.0782. The normalized spacial score (nSPS) is 10.2. The molecule has 1 radical (unpaired) electrons. The molecule has 0 aliphatic carbocycles. The Balaban J connectivity index is 2.83. The van der Waals surface area contributed by atoms with Gasteiger partial charge < -0.3 is 0 Å². The molecule has 2 heterocycles. The average molecular weight is 145 g/mol. The quantitative estimate of drug-likeness (QED) is 0.567.